The zero-order chi connectivity index (χ0) is 37.7. The highest BCUT2D eigenvalue weighted by Crippen LogP contribution is 2.42. The van der Waals surface area contributed by atoms with Crippen molar-refractivity contribution in [2.75, 3.05) is 0 Å². The van der Waals surface area contributed by atoms with Crippen molar-refractivity contribution >= 4 is 43.6 Å². The van der Waals surface area contributed by atoms with Crippen molar-refractivity contribution in [2.24, 2.45) is 0 Å². The van der Waals surface area contributed by atoms with E-state index in [1.54, 1.807) is 0 Å². The second-order valence-electron chi connectivity index (χ2n) is 14.2. The summed E-state index contributed by atoms with van der Waals surface area (Å²) in [4.78, 5) is 20.3. The Morgan fingerprint density at radius 3 is 1.54 bits per heavy atom. The van der Waals surface area contributed by atoms with Gasteiger partial charge in [0.1, 0.15) is 11.2 Å². The van der Waals surface area contributed by atoms with Gasteiger partial charge < -0.3 is 4.42 Å². The third kappa shape index (κ3) is 5.81. The van der Waals surface area contributed by atoms with E-state index in [4.69, 9.17) is 24.4 Å². The van der Waals surface area contributed by atoms with Gasteiger partial charge in [-0.3, -0.25) is 0 Å². The Labute approximate surface area is 328 Å². The van der Waals surface area contributed by atoms with Gasteiger partial charge in [0.05, 0.1) is 11.2 Å². The van der Waals surface area contributed by atoms with Crippen LogP contribution in [-0.2, 0) is 0 Å². The van der Waals surface area contributed by atoms with Crippen LogP contribution in [0.5, 0.6) is 0 Å². The maximum Gasteiger partial charge on any atom is 0.164 e. The van der Waals surface area contributed by atoms with Crippen molar-refractivity contribution in [3.05, 3.63) is 194 Å². The predicted molar refractivity (Wildman–Crippen MR) is 233 cm³/mol. The van der Waals surface area contributed by atoms with Gasteiger partial charge in [0.15, 0.2) is 17.5 Å². The van der Waals surface area contributed by atoms with Gasteiger partial charge in [-0.1, -0.05) is 158 Å². The van der Waals surface area contributed by atoms with Gasteiger partial charge in [-0.15, -0.1) is 0 Å². The quantitative estimate of drug-likeness (QED) is 0.160. The summed E-state index contributed by atoms with van der Waals surface area (Å²) < 4.78 is 6.39. The minimum absolute atomic E-state index is 0.617. The normalized spacial score (nSPS) is 11.5. The van der Waals surface area contributed by atoms with Gasteiger partial charge in [-0.05, 0) is 58.7 Å². The predicted octanol–water partition coefficient (Wildman–Crippen LogP) is 13.5. The first-order valence-electron chi connectivity index (χ1n) is 19.0. The molecule has 0 saturated carbocycles. The summed E-state index contributed by atoms with van der Waals surface area (Å²) in [5.41, 5.74) is 11.9. The Balaban J connectivity index is 1.04. The molecule has 5 nitrogen and oxygen atoms in total. The Bertz CT molecular complexity index is 3270. The molecule has 0 bridgehead atoms. The molecule has 5 heteroatoms. The van der Waals surface area contributed by atoms with Gasteiger partial charge in [0, 0.05) is 49.2 Å². The van der Waals surface area contributed by atoms with Crippen LogP contribution in [0.2, 0.25) is 0 Å². The molecule has 3 aromatic heterocycles. The molecule has 266 valence electrons. The average Bonchev–Trinajstić information content (AvgIpc) is 3.68. The number of aromatic nitrogens is 4. The molecule has 0 amide bonds. The summed E-state index contributed by atoms with van der Waals surface area (Å²) in [7, 11) is 0. The molecule has 0 radical (unpaired) electrons. The van der Waals surface area contributed by atoms with E-state index in [1.807, 2.05) is 54.6 Å². The molecule has 3 heterocycles. The molecule has 11 aromatic rings. The summed E-state index contributed by atoms with van der Waals surface area (Å²) in [6, 6.07) is 66.8. The molecule has 0 N–H and O–H groups in total. The van der Waals surface area contributed by atoms with Gasteiger partial charge in [-0.25, -0.2) is 19.9 Å². The molecular weight excluding hydrogens is 697 g/mol. The first-order chi connectivity index (χ1) is 28.2. The standard InChI is InChI=1S/C52H32N4O/c1-4-13-33(14-5-1)38-19-12-20-40(31-38)52-55-50(36-17-8-3-9-18-36)54-51(56-52)37-25-23-34(24-26-37)39-27-29-44-43(32-39)47-42(49(53-44)35-15-6-2-7-16-35)28-30-46-48(47)41-21-10-11-22-45(41)57-46/h1-32H. The van der Waals surface area contributed by atoms with E-state index in [0.717, 1.165) is 93.8 Å². The van der Waals surface area contributed by atoms with Crippen molar-refractivity contribution in [1.82, 2.24) is 19.9 Å². The van der Waals surface area contributed by atoms with Crippen LogP contribution in [0.3, 0.4) is 0 Å². The summed E-state index contributed by atoms with van der Waals surface area (Å²) in [6.45, 7) is 0. The van der Waals surface area contributed by atoms with E-state index >= 15 is 0 Å². The van der Waals surface area contributed by atoms with Crippen LogP contribution in [0.15, 0.2) is 199 Å². The van der Waals surface area contributed by atoms with Crippen LogP contribution in [-0.4, -0.2) is 19.9 Å². The fourth-order valence-electron chi connectivity index (χ4n) is 7.93. The molecule has 0 spiro atoms. The number of rotatable bonds is 6. The number of pyridine rings is 1. The summed E-state index contributed by atoms with van der Waals surface area (Å²) >= 11 is 0. The highest BCUT2D eigenvalue weighted by atomic mass is 16.3. The van der Waals surface area contributed by atoms with E-state index in [0.29, 0.717) is 17.5 Å². The van der Waals surface area contributed by atoms with Crippen LogP contribution in [0.25, 0.3) is 111 Å². The van der Waals surface area contributed by atoms with E-state index in [1.165, 1.54) is 0 Å². The highest BCUT2D eigenvalue weighted by Gasteiger charge is 2.18. The lowest BCUT2D eigenvalue weighted by Gasteiger charge is -2.13. The minimum Gasteiger partial charge on any atom is -0.456 e. The number of furan rings is 1. The fraction of sp³-hybridized carbons (Fsp3) is 0. The SMILES string of the molecule is c1ccc(-c2cccc(-c3nc(-c4ccccc4)nc(-c4ccc(-c5ccc6nc(-c7ccccc7)c7ccc8oc9ccccc9c8c7c6c5)cc4)n3)c2)cc1. The number of hydrogen-bond donors (Lipinski definition) is 0. The minimum atomic E-state index is 0.617. The molecule has 0 fully saturated rings. The van der Waals surface area contributed by atoms with Gasteiger partial charge in [0.25, 0.3) is 0 Å². The smallest absolute Gasteiger partial charge is 0.164 e. The zero-order valence-corrected chi connectivity index (χ0v) is 30.7. The molecule has 8 aromatic carbocycles. The van der Waals surface area contributed by atoms with Crippen molar-refractivity contribution < 1.29 is 4.42 Å². The van der Waals surface area contributed by atoms with E-state index in [-0.39, 0.29) is 0 Å². The molecular formula is C52H32N4O. The van der Waals surface area contributed by atoms with Gasteiger partial charge in [0.2, 0.25) is 0 Å². The van der Waals surface area contributed by atoms with Crippen molar-refractivity contribution in [1.29, 1.82) is 0 Å². The van der Waals surface area contributed by atoms with Crippen molar-refractivity contribution in [3.8, 4) is 67.7 Å². The van der Waals surface area contributed by atoms with Crippen molar-refractivity contribution in [2.45, 2.75) is 0 Å². The lowest BCUT2D eigenvalue weighted by atomic mass is 9.94. The third-order valence-corrected chi connectivity index (χ3v) is 10.7. The first-order valence-corrected chi connectivity index (χ1v) is 19.0. The summed E-state index contributed by atoms with van der Waals surface area (Å²) in [6.07, 6.45) is 0. The monoisotopic (exact) mass is 728 g/mol. The van der Waals surface area contributed by atoms with E-state index in [9.17, 15) is 0 Å². The number of para-hydroxylation sites is 1. The van der Waals surface area contributed by atoms with Gasteiger partial charge >= 0.3 is 0 Å². The molecule has 57 heavy (non-hydrogen) atoms. The lowest BCUT2D eigenvalue weighted by Crippen LogP contribution is -2.00. The average molecular weight is 729 g/mol. The molecule has 0 aliphatic heterocycles. The molecule has 0 aliphatic carbocycles. The van der Waals surface area contributed by atoms with Crippen LogP contribution < -0.4 is 0 Å². The second-order valence-corrected chi connectivity index (χ2v) is 14.2. The van der Waals surface area contributed by atoms with Crippen LogP contribution in [0.4, 0.5) is 0 Å². The number of fused-ring (bicyclic) bond motifs is 7. The molecule has 0 unspecified atom stereocenters. The van der Waals surface area contributed by atoms with Crippen LogP contribution >= 0.6 is 0 Å². The Kier molecular flexibility index (Phi) is 7.74. The number of hydrogen-bond acceptors (Lipinski definition) is 5. The van der Waals surface area contributed by atoms with Crippen LogP contribution in [0.1, 0.15) is 0 Å². The van der Waals surface area contributed by atoms with E-state index < -0.39 is 0 Å². The molecule has 0 atom stereocenters. The number of benzene rings is 8. The largest absolute Gasteiger partial charge is 0.456 e. The highest BCUT2D eigenvalue weighted by molar-refractivity contribution is 6.28. The Hall–Kier alpha value is -7.76. The zero-order valence-electron chi connectivity index (χ0n) is 30.7. The van der Waals surface area contributed by atoms with Crippen LogP contribution in [0, 0.1) is 0 Å². The second kappa shape index (κ2) is 13.5. The van der Waals surface area contributed by atoms with E-state index in [2.05, 4.69) is 140 Å². The number of nitrogens with zero attached hydrogens (tertiary/aromatic N) is 4. The third-order valence-electron chi connectivity index (χ3n) is 10.7. The molecule has 11 rings (SSSR count). The molecule has 0 saturated heterocycles. The lowest BCUT2D eigenvalue weighted by molar-refractivity contribution is 0.669. The topological polar surface area (TPSA) is 64.7 Å². The summed E-state index contributed by atoms with van der Waals surface area (Å²) in [5, 5.41) is 5.51. The Morgan fingerprint density at radius 1 is 0.281 bits per heavy atom. The fourth-order valence-corrected chi connectivity index (χ4v) is 7.93. The molecule has 0 aliphatic rings. The Morgan fingerprint density at radius 2 is 0.807 bits per heavy atom. The van der Waals surface area contributed by atoms with Crippen molar-refractivity contribution in [3.63, 3.8) is 0 Å². The van der Waals surface area contributed by atoms with Gasteiger partial charge in [-0.2, -0.15) is 0 Å². The summed E-state index contributed by atoms with van der Waals surface area (Å²) in [5.74, 6) is 1.88. The maximum atomic E-state index is 6.39. The first kappa shape index (κ1) is 32.7. The maximum absolute atomic E-state index is 6.39.